The second-order valence-electron chi connectivity index (χ2n) is 4.74. The monoisotopic (exact) mass is 256 g/mol. The van der Waals surface area contributed by atoms with Crippen LogP contribution < -0.4 is 5.73 Å². The molecule has 0 atom stereocenters. The number of anilines is 1. The van der Waals surface area contributed by atoms with E-state index in [9.17, 15) is 0 Å². The van der Waals surface area contributed by atoms with E-state index in [1.54, 1.807) is 11.3 Å². The van der Waals surface area contributed by atoms with Crippen molar-refractivity contribution in [1.82, 2.24) is 4.98 Å². The van der Waals surface area contributed by atoms with Crippen LogP contribution in [0, 0.1) is 0 Å². The quantitative estimate of drug-likeness (QED) is 0.837. The van der Waals surface area contributed by atoms with E-state index in [0.717, 1.165) is 22.9 Å². The normalized spacial score (nSPS) is 16.0. The van der Waals surface area contributed by atoms with Gasteiger partial charge in [0.25, 0.3) is 0 Å². The second-order valence-corrected chi connectivity index (χ2v) is 5.63. The average Bonchev–Trinajstić information content (AvgIpc) is 2.73. The Labute approximate surface area is 111 Å². The molecule has 0 bridgehead atoms. The third-order valence-electron chi connectivity index (χ3n) is 3.35. The summed E-state index contributed by atoms with van der Waals surface area (Å²) >= 11 is 1.78. The highest BCUT2D eigenvalue weighted by atomic mass is 32.1. The Morgan fingerprint density at radius 3 is 2.89 bits per heavy atom. The van der Waals surface area contributed by atoms with E-state index in [0.29, 0.717) is 0 Å². The van der Waals surface area contributed by atoms with Gasteiger partial charge < -0.3 is 5.73 Å². The Morgan fingerprint density at radius 2 is 2.17 bits per heavy atom. The van der Waals surface area contributed by atoms with Crippen LogP contribution >= 0.6 is 11.3 Å². The first-order chi connectivity index (χ1) is 8.81. The molecule has 0 amide bonds. The van der Waals surface area contributed by atoms with Gasteiger partial charge in [-0.15, -0.1) is 11.3 Å². The van der Waals surface area contributed by atoms with Crippen molar-refractivity contribution in [3.63, 3.8) is 0 Å². The summed E-state index contributed by atoms with van der Waals surface area (Å²) in [4.78, 5) is 4.67. The van der Waals surface area contributed by atoms with Crippen LogP contribution in [0.15, 0.2) is 29.6 Å². The highest BCUT2D eigenvalue weighted by Crippen LogP contribution is 2.37. The van der Waals surface area contributed by atoms with Gasteiger partial charge in [-0.05, 0) is 36.6 Å². The molecule has 2 nitrogen and oxygen atoms in total. The SMILES string of the molecule is Nc1cccc(C=Cc2csc(C3CCC3)n2)c1. The van der Waals surface area contributed by atoms with Gasteiger partial charge in [0.1, 0.15) is 0 Å². The summed E-state index contributed by atoms with van der Waals surface area (Å²) in [6, 6.07) is 7.88. The predicted molar refractivity (Wildman–Crippen MR) is 78.5 cm³/mol. The third-order valence-corrected chi connectivity index (χ3v) is 4.38. The number of nitrogen functional groups attached to an aromatic ring is 1. The molecule has 92 valence electrons. The molecular formula is C15H16N2S. The van der Waals surface area contributed by atoms with Gasteiger partial charge in [-0.1, -0.05) is 24.6 Å². The van der Waals surface area contributed by atoms with E-state index in [1.165, 1.54) is 24.3 Å². The van der Waals surface area contributed by atoms with Crippen LogP contribution in [-0.4, -0.2) is 4.98 Å². The number of hydrogen-bond acceptors (Lipinski definition) is 3. The molecule has 3 rings (SSSR count). The van der Waals surface area contributed by atoms with Crippen LogP contribution in [0.1, 0.15) is 41.4 Å². The van der Waals surface area contributed by atoms with Crippen LogP contribution in [0.2, 0.25) is 0 Å². The maximum absolute atomic E-state index is 5.75. The van der Waals surface area contributed by atoms with Gasteiger partial charge in [-0.25, -0.2) is 4.98 Å². The fourth-order valence-corrected chi connectivity index (χ4v) is 3.02. The zero-order valence-electron chi connectivity index (χ0n) is 10.2. The number of rotatable bonds is 3. The van der Waals surface area contributed by atoms with Crippen LogP contribution in [0.25, 0.3) is 12.2 Å². The van der Waals surface area contributed by atoms with Crippen molar-refractivity contribution < 1.29 is 0 Å². The molecule has 0 spiro atoms. The molecule has 2 aromatic rings. The zero-order chi connectivity index (χ0) is 12.4. The first-order valence-electron chi connectivity index (χ1n) is 6.30. The van der Waals surface area contributed by atoms with Crippen molar-refractivity contribution in [2.75, 3.05) is 5.73 Å². The van der Waals surface area contributed by atoms with Crippen molar-refractivity contribution in [2.45, 2.75) is 25.2 Å². The van der Waals surface area contributed by atoms with Crippen LogP contribution in [-0.2, 0) is 0 Å². The third kappa shape index (κ3) is 2.46. The Bertz CT molecular complexity index is 567. The molecule has 3 heteroatoms. The minimum absolute atomic E-state index is 0.726. The van der Waals surface area contributed by atoms with E-state index in [4.69, 9.17) is 5.73 Å². The molecule has 1 saturated carbocycles. The van der Waals surface area contributed by atoms with Crippen molar-refractivity contribution >= 4 is 29.2 Å². The summed E-state index contributed by atoms with van der Waals surface area (Å²) in [5.41, 5.74) is 8.72. The molecule has 0 unspecified atom stereocenters. The molecule has 0 aliphatic heterocycles. The molecule has 1 heterocycles. The van der Waals surface area contributed by atoms with Crippen LogP contribution in [0.4, 0.5) is 5.69 Å². The van der Waals surface area contributed by atoms with E-state index in [-0.39, 0.29) is 0 Å². The molecular weight excluding hydrogens is 240 g/mol. The molecule has 0 radical (unpaired) electrons. The summed E-state index contributed by atoms with van der Waals surface area (Å²) in [5.74, 6) is 0.726. The van der Waals surface area contributed by atoms with Crippen molar-refractivity contribution in [1.29, 1.82) is 0 Å². The molecule has 1 aliphatic carbocycles. The summed E-state index contributed by atoms with van der Waals surface area (Å²) in [7, 11) is 0. The first-order valence-corrected chi connectivity index (χ1v) is 7.18. The Balaban J connectivity index is 1.73. The summed E-state index contributed by atoms with van der Waals surface area (Å²) in [5, 5.41) is 3.43. The average molecular weight is 256 g/mol. The van der Waals surface area contributed by atoms with Gasteiger partial charge in [0.2, 0.25) is 0 Å². The van der Waals surface area contributed by atoms with Crippen molar-refractivity contribution in [3.8, 4) is 0 Å². The smallest absolute Gasteiger partial charge is 0.0963 e. The van der Waals surface area contributed by atoms with Crippen LogP contribution in [0.5, 0.6) is 0 Å². The summed E-state index contributed by atoms with van der Waals surface area (Å²) in [6.07, 6.45) is 8.11. The number of benzene rings is 1. The Hall–Kier alpha value is -1.61. The lowest BCUT2D eigenvalue weighted by atomic mass is 9.86. The number of nitrogens with two attached hydrogens (primary N) is 1. The summed E-state index contributed by atoms with van der Waals surface area (Å²) < 4.78 is 0. The zero-order valence-corrected chi connectivity index (χ0v) is 11.0. The number of aromatic nitrogens is 1. The number of nitrogens with zero attached hydrogens (tertiary/aromatic N) is 1. The lowest BCUT2D eigenvalue weighted by Crippen LogP contribution is -2.07. The number of thiazole rings is 1. The molecule has 1 aromatic heterocycles. The largest absolute Gasteiger partial charge is 0.399 e. The lowest BCUT2D eigenvalue weighted by Gasteiger charge is -2.22. The van der Waals surface area contributed by atoms with Crippen molar-refractivity contribution in [3.05, 3.63) is 45.9 Å². The van der Waals surface area contributed by atoms with Crippen LogP contribution in [0.3, 0.4) is 0 Å². The molecule has 18 heavy (non-hydrogen) atoms. The maximum atomic E-state index is 5.75. The van der Waals surface area contributed by atoms with E-state index >= 15 is 0 Å². The predicted octanol–water partition coefficient (Wildman–Crippen LogP) is 4.16. The van der Waals surface area contributed by atoms with Gasteiger partial charge in [0, 0.05) is 17.0 Å². The van der Waals surface area contributed by atoms with E-state index < -0.39 is 0 Å². The first kappa shape index (κ1) is 11.5. The highest BCUT2D eigenvalue weighted by molar-refractivity contribution is 7.09. The number of hydrogen-bond donors (Lipinski definition) is 1. The molecule has 1 aromatic carbocycles. The van der Waals surface area contributed by atoms with E-state index in [2.05, 4.69) is 22.5 Å². The fourth-order valence-electron chi connectivity index (χ4n) is 2.06. The minimum atomic E-state index is 0.726. The lowest BCUT2D eigenvalue weighted by molar-refractivity contribution is 0.418. The van der Waals surface area contributed by atoms with Gasteiger partial charge in [0.05, 0.1) is 10.7 Å². The van der Waals surface area contributed by atoms with E-state index in [1.807, 2.05) is 24.3 Å². The molecule has 1 fully saturated rings. The van der Waals surface area contributed by atoms with Gasteiger partial charge in [-0.2, -0.15) is 0 Å². The topological polar surface area (TPSA) is 38.9 Å². The maximum Gasteiger partial charge on any atom is 0.0963 e. The summed E-state index contributed by atoms with van der Waals surface area (Å²) in [6.45, 7) is 0. The second kappa shape index (κ2) is 4.94. The standard InChI is InChI=1S/C15H16N2S/c16-13-6-1-3-11(9-13)7-8-14-10-18-15(17-14)12-4-2-5-12/h1,3,6-10,12H,2,4-5,16H2. The highest BCUT2D eigenvalue weighted by Gasteiger charge is 2.21. The molecule has 2 N–H and O–H groups in total. The molecule has 1 aliphatic rings. The van der Waals surface area contributed by atoms with Gasteiger partial charge >= 0.3 is 0 Å². The Kier molecular flexibility index (Phi) is 3.15. The van der Waals surface area contributed by atoms with Gasteiger partial charge in [0.15, 0.2) is 0 Å². The van der Waals surface area contributed by atoms with Crippen molar-refractivity contribution in [2.24, 2.45) is 0 Å². The Morgan fingerprint density at radius 1 is 1.28 bits per heavy atom. The molecule has 0 saturated heterocycles. The fraction of sp³-hybridized carbons (Fsp3) is 0.267. The van der Waals surface area contributed by atoms with Gasteiger partial charge in [-0.3, -0.25) is 0 Å². The minimum Gasteiger partial charge on any atom is -0.399 e.